The van der Waals surface area contributed by atoms with E-state index < -0.39 is 0 Å². The lowest BCUT2D eigenvalue weighted by Gasteiger charge is -2.12. The Morgan fingerprint density at radius 3 is 3.00 bits per heavy atom. The van der Waals surface area contributed by atoms with Crippen molar-refractivity contribution >= 4 is 11.7 Å². The summed E-state index contributed by atoms with van der Waals surface area (Å²) >= 11 is 0. The smallest absolute Gasteiger partial charge is 0.328 e. The van der Waals surface area contributed by atoms with E-state index in [-0.39, 0.29) is 12.0 Å². The zero-order chi connectivity index (χ0) is 10.4. The first-order chi connectivity index (χ1) is 6.74. The maximum Gasteiger partial charge on any atom is 0.328 e. The molecule has 0 saturated carbocycles. The summed E-state index contributed by atoms with van der Waals surface area (Å²) in [5, 5.41) is 10.3. The van der Waals surface area contributed by atoms with Crippen molar-refractivity contribution in [1.29, 1.82) is 0 Å². The first kappa shape index (κ1) is 10.4. The van der Waals surface area contributed by atoms with Crippen LogP contribution in [0.25, 0.3) is 0 Å². The fourth-order valence-electron chi connectivity index (χ4n) is 0.952. The molecule has 1 aromatic rings. The molecule has 5 nitrogen and oxygen atoms in total. The fourth-order valence-corrected chi connectivity index (χ4v) is 0.952. The molecule has 0 spiro atoms. The van der Waals surface area contributed by atoms with E-state index in [0.29, 0.717) is 6.61 Å². The van der Waals surface area contributed by atoms with Crippen molar-refractivity contribution in [3.63, 3.8) is 0 Å². The van der Waals surface area contributed by atoms with E-state index in [9.17, 15) is 4.79 Å². The van der Waals surface area contributed by atoms with Crippen LogP contribution in [0.4, 0.5) is 5.69 Å². The summed E-state index contributed by atoms with van der Waals surface area (Å²) in [6.07, 6.45) is 3.11. The van der Waals surface area contributed by atoms with Crippen molar-refractivity contribution in [1.82, 2.24) is 10.2 Å². The number of ether oxygens (including phenoxy) is 1. The predicted molar refractivity (Wildman–Crippen MR) is 51.7 cm³/mol. The van der Waals surface area contributed by atoms with Gasteiger partial charge < -0.3 is 10.1 Å². The van der Waals surface area contributed by atoms with Gasteiger partial charge in [0, 0.05) is 0 Å². The Balaban J connectivity index is 2.49. The number of carbonyl (C=O) groups excluding carboxylic acids is 1. The number of esters is 1. The second-order valence-electron chi connectivity index (χ2n) is 2.75. The van der Waals surface area contributed by atoms with Crippen molar-refractivity contribution in [3.05, 3.63) is 18.5 Å². The molecule has 0 aliphatic rings. The molecule has 1 atom stereocenters. The molecular weight excluding hydrogens is 182 g/mol. The van der Waals surface area contributed by atoms with Crippen LogP contribution in [0.1, 0.15) is 13.8 Å². The summed E-state index contributed by atoms with van der Waals surface area (Å²) in [5.41, 5.74) is 0.751. The van der Waals surface area contributed by atoms with Gasteiger partial charge in [0.25, 0.3) is 0 Å². The third-order valence-electron chi connectivity index (χ3n) is 1.61. The minimum absolute atomic E-state index is 0.274. The quantitative estimate of drug-likeness (QED) is 0.721. The molecule has 0 aliphatic heterocycles. The van der Waals surface area contributed by atoms with Gasteiger partial charge in [-0.1, -0.05) is 0 Å². The van der Waals surface area contributed by atoms with Crippen LogP contribution in [0.3, 0.4) is 0 Å². The monoisotopic (exact) mass is 195 g/mol. The van der Waals surface area contributed by atoms with Gasteiger partial charge in [-0.05, 0) is 19.9 Å². The first-order valence-electron chi connectivity index (χ1n) is 4.44. The van der Waals surface area contributed by atoms with Crippen molar-refractivity contribution in [2.75, 3.05) is 11.9 Å². The van der Waals surface area contributed by atoms with E-state index in [0.717, 1.165) is 5.69 Å². The van der Waals surface area contributed by atoms with Crippen molar-refractivity contribution in [3.8, 4) is 0 Å². The van der Waals surface area contributed by atoms with Gasteiger partial charge in [0.1, 0.15) is 6.04 Å². The molecule has 0 fully saturated rings. The van der Waals surface area contributed by atoms with Crippen molar-refractivity contribution < 1.29 is 9.53 Å². The number of hydrogen-bond acceptors (Lipinski definition) is 5. The molecule has 0 amide bonds. The summed E-state index contributed by atoms with van der Waals surface area (Å²) in [4.78, 5) is 11.2. The molecule has 1 aromatic heterocycles. The number of rotatable bonds is 4. The minimum Gasteiger partial charge on any atom is -0.464 e. The lowest BCUT2D eigenvalue weighted by molar-refractivity contribution is -0.143. The topological polar surface area (TPSA) is 64.1 Å². The van der Waals surface area contributed by atoms with E-state index in [4.69, 9.17) is 4.74 Å². The van der Waals surface area contributed by atoms with Gasteiger partial charge in [-0.25, -0.2) is 4.79 Å². The van der Waals surface area contributed by atoms with E-state index in [1.54, 1.807) is 32.3 Å². The molecule has 0 radical (unpaired) electrons. The van der Waals surface area contributed by atoms with Crippen molar-refractivity contribution in [2.24, 2.45) is 0 Å². The number of nitrogens with one attached hydrogen (secondary N) is 1. The highest BCUT2D eigenvalue weighted by Crippen LogP contribution is 2.04. The number of anilines is 1. The van der Waals surface area contributed by atoms with Gasteiger partial charge >= 0.3 is 5.97 Å². The highest BCUT2D eigenvalue weighted by Gasteiger charge is 2.12. The zero-order valence-electron chi connectivity index (χ0n) is 8.23. The predicted octanol–water partition coefficient (Wildman–Crippen LogP) is 0.840. The lowest BCUT2D eigenvalue weighted by Crippen LogP contribution is -2.28. The van der Waals surface area contributed by atoms with E-state index in [1.807, 2.05) is 0 Å². The van der Waals surface area contributed by atoms with Gasteiger partial charge in [0.2, 0.25) is 0 Å². The van der Waals surface area contributed by atoms with E-state index in [1.165, 1.54) is 0 Å². The number of hydrogen-bond donors (Lipinski definition) is 1. The normalized spacial score (nSPS) is 11.9. The molecule has 0 aliphatic carbocycles. The molecule has 0 unspecified atom stereocenters. The Hall–Kier alpha value is -1.65. The van der Waals surface area contributed by atoms with Crippen LogP contribution >= 0.6 is 0 Å². The number of aromatic nitrogens is 2. The third-order valence-corrected chi connectivity index (χ3v) is 1.61. The fraction of sp³-hybridized carbons (Fsp3) is 0.444. The van der Waals surface area contributed by atoms with Gasteiger partial charge in [0.15, 0.2) is 0 Å². The standard InChI is InChI=1S/C9H13N3O2/c1-3-14-9(13)7(2)12-8-4-5-10-11-6-8/h4-7H,3H2,1-2H3,(H,10,12)/t7-/m0/s1. The van der Waals surface area contributed by atoms with Gasteiger partial charge in [-0.3, -0.25) is 0 Å². The first-order valence-corrected chi connectivity index (χ1v) is 4.44. The Labute approximate surface area is 82.5 Å². The number of nitrogens with zero attached hydrogens (tertiary/aromatic N) is 2. The Bertz CT molecular complexity index is 289. The molecule has 0 saturated heterocycles. The molecule has 14 heavy (non-hydrogen) atoms. The van der Waals surface area contributed by atoms with Crippen LogP contribution in [-0.4, -0.2) is 28.8 Å². The van der Waals surface area contributed by atoms with Crippen LogP contribution in [0.5, 0.6) is 0 Å². The molecule has 0 bridgehead atoms. The summed E-state index contributed by atoms with van der Waals surface area (Å²) in [7, 11) is 0. The van der Waals surface area contributed by atoms with E-state index >= 15 is 0 Å². The Morgan fingerprint density at radius 1 is 1.64 bits per heavy atom. The Kier molecular flexibility index (Phi) is 3.84. The van der Waals surface area contributed by atoms with Crippen molar-refractivity contribution in [2.45, 2.75) is 19.9 Å². The SMILES string of the molecule is CCOC(=O)[C@H](C)Nc1ccnnc1. The van der Waals surface area contributed by atoms with Crippen LogP contribution in [0, 0.1) is 0 Å². The van der Waals surface area contributed by atoms with Gasteiger partial charge in [0.05, 0.1) is 24.7 Å². The summed E-state index contributed by atoms with van der Waals surface area (Å²) in [6, 6.07) is 1.36. The molecule has 76 valence electrons. The van der Waals surface area contributed by atoms with Crippen LogP contribution in [-0.2, 0) is 9.53 Å². The molecule has 0 aromatic carbocycles. The summed E-state index contributed by atoms with van der Waals surface area (Å²) < 4.78 is 4.84. The molecule has 1 heterocycles. The zero-order valence-corrected chi connectivity index (χ0v) is 8.23. The van der Waals surface area contributed by atoms with Gasteiger partial charge in [-0.2, -0.15) is 10.2 Å². The number of carbonyl (C=O) groups is 1. The highest BCUT2D eigenvalue weighted by atomic mass is 16.5. The average molecular weight is 195 g/mol. The molecular formula is C9H13N3O2. The van der Waals surface area contributed by atoms with Gasteiger partial charge in [-0.15, -0.1) is 0 Å². The Morgan fingerprint density at radius 2 is 2.43 bits per heavy atom. The second kappa shape index (κ2) is 5.16. The van der Waals surface area contributed by atoms with Crippen LogP contribution in [0.2, 0.25) is 0 Å². The molecule has 5 heteroatoms. The average Bonchev–Trinajstić information content (AvgIpc) is 2.19. The lowest BCUT2D eigenvalue weighted by atomic mass is 10.3. The van der Waals surface area contributed by atoms with E-state index in [2.05, 4.69) is 15.5 Å². The maximum absolute atomic E-state index is 11.2. The maximum atomic E-state index is 11.2. The third kappa shape index (κ3) is 3.01. The second-order valence-corrected chi connectivity index (χ2v) is 2.75. The van der Waals surface area contributed by atoms with Crippen LogP contribution in [0.15, 0.2) is 18.5 Å². The molecule has 1 rings (SSSR count). The molecule has 1 N–H and O–H groups in total. The highest BCUT2D eigenvalue weighted by molar-refractivity contribution is 5.78. The largest absolute Gasteiger partial charge is 0.464 e. The minimum atomic E-state index is -0.376. The van der Waals surface area contributed by atoms with Crippen LogP contribution < -0.4 is 5.32 Å². The summed E-state index contributed by atoms with van der Waals surface area (Å²) in [6.45, 7) is 3.90. The summed E-state index contributed by atoms with van der Waals surface area (Å²) in [5.74, 6) is -0.274.